The number of hydrogen-bond donors (Lipinski definition) is 2. The topological polar surface area (TPSA) is 96.0 Å². The first-order valence-electron chi connectivity index (χ1n) is 9.82. The van der Waals surface area contributed by atoms with Gasteiger partial charge in [-0.3, -0.25) is 9.89 Å². The lowest BCUT2D eigenvalue weighted by atomic mass is 9.96. The molecule has 30 heavy (non-hydrogen) atoms. The molecule has 3 heterocycles. The van der Waals surface area contributed by atoms with Crippen LogP contribution < -0.4 is 15.0 Å². The summed E-state index contributed by atoms with van der Waals surface area (Å²) in [6.45, 7) is 1.90. The second kappa shape index (κ2) is 9.13. The minimum Gasteiger partial charge on any atom is -0.497 e. The molecule has 2 aromatic heterocycles. The molecule has 1 aliphatic rings. The van der Waals surface area contributed by atoms with Gasteiger partial charge in [0.2, 0.25) is 5.91 Å². The van der Waals surface area contributed by atoms with Gasteiger partial charge in [-0.1, -0.05) is 11.6 Å². The number of piperidine rings is 1. The molecule has 0 aliphatic carbocycles. The van der Waals surface area contributed by atoms with Crippen LogP contribution in [0.25, 0.3) is 11.4 Å². The zero-order valence-corrected chi connectivity index (χ0v) is 17.4. The van der Waals surface area contributed by atoms with E-state index in [9.17, 15) is 4.79 Å². The van der Waals surface area contributed by atoms with Gasteiger partial charge in [0, 0.05) is 30.8 Å². The summed E-state index contributed by atoms with van der Waals surface area (Å²) in [4.78, 5) is 23.6. The third kappa shape index (κ3) is 4.71. The zero-order valence-electron chi connectivity index (χ0n) is 16.6. The Morgan fingerprint density at radius 1 is 1.23 bits per heavy atom. The molecule has 1 saturated heterocycles. The summed E-state index contributed by atoms with van der Waals surface area (Å²) >= 11 is 5.90. The number of carbonyl (C=O) groups is 1. The van der Waals surface area contributed by atoms with E-state index in [1.54, 1.807) is 13.3 Å². The number of hydrogen-bond acceptors (Lipinski definition) is 6. The van der Waals surface area contributed by atoms with E-state index in [0.29, 0.717) is 23.2 Å². The van der Waals surface area contributed by atoms with Crippen LogP contribution in [-0.2, 0) is 11.3 Å². The predicted molar refractivity (Wildman–Crippen MR) is 114 cm³/mol. The molecule has 0 bridgehead atoms. The summed E-state index contributed by atoms with van der Waals surface area (Å²) < 4.78 is 5.16. The Balaban J connectivity index is 1.27. The van der Waals surface area contributed by atoms with Gasteiger partial charge in [-0.05, 0) is 49.2 Å². The third-order valence-electron chi connectivity index (χ3n) is 5.21. The van der Waals surface area contributed by atoms with Crippen molar-refractivity contribution < 1.29 is 9.53 Å². The highest BCUT2D eigenvalue weighted by Gasteiger charge is 2.25. The molecule has 1 amide bonds. The molecule has 4 rings (SSSR count). The first-order valence-corrected chi connectivity index (χ1v) is 10.2. The van der Waals surface area contributed by atoms with Gasteiger partial charge in [-0.2, -0.15) is 5.10 Å². The van der Waals surface area contributed by atoms with Crippen LogP contribution in [0.15, 0.2) is 42.6 Å². The largest absolute Gasteiger partial charge is 0.497 e. The Morgan fingerprint density at radius 2 is 2.00 bits per heavy atom. The molecule has 0 saturated carbocycles. The molecule has 2 N–H and O–H groups in total. The van der Waals surface area contributed by atoms with E-state index in [-0.39, 0.29) is 11.8 Å². The van der Waals surface area contributed by atoms with E-state index in [1.165, 1.54) is 0 Å². The summed E-state index contributed by atoms with van der Waals surface area (Å²) in [6.07, 6.45) is 3.21. The quantitative estimate of drug-likeness (QED) is 0.628. The maximum atomic E-state index is 12.6. The highest BCUT2D eigenvalue weighted by atomic mass is 35.5. The number of ether oxygens (including phenoxy) is 1. The number of aromatic nitrogens is 4. The summed E-state index contributed by atoms with van der Waals surface area (Å²) in [5.74, 6) is 2.91. The number of nitrogens with zero attached hydrogens (tertiary/aromatic N) is 4. The molecule has 8 nitrogen and oxygen atoms in total. The average molecular weight is 427 g/mol. The number of carbonyl (C=O) groups excluding carboxylic acids is 1. The Morgan fingerprint density at radius 3 is 2.67 bits per heavy atom. The van der Waals surface area contributed by atoms with Gasteiger partial charge in [0.05, 0.1) is 18.7 Å². The fraction of sp³-hybridized carbons (Fsp3) is 0.333. The highest BCUT2D eigenvalue weighted by molar-refractivity contribution is 6.30. The Kier molecular flexibility index (Phi) is 6.13. The van der Waals surface area contributed by atoms with Crippen LogP contribution in [0.4, 0.5) is 5.82 Å². The monoisotopic (exact) mass is 426 g/mol. The second-order valence-corrected chi connectivity index (χ2v) is 7.58. The van der Waals surface area contributed by atoms with Crippen molar-refractivity contribution in [2.75, 3.05) is 25.1 Å². The highest BCUT2D eigenvalue weighted by Crippen LogP contribution is 2.23. The number of halogens is 1. The van der Waals surface area contributed by atoms with Gasteiger partial charge in [-0.25, -0.2) is 9.97 Å². The smallest absolute Gasteiger partial charge is 0.223 e. The Labute approximate surface area is 179 Å². The molecule has 156 valence electrons. The number of rotatable bonds is 6. The van der Waals surface area contributed by atoms with Crippen LogP contribution in [0.3, 0.4) is 0 Å². The second-order valence-electron chi connectivity index (χ2n) is 7.15. The third-order valence-corrected chi connectivity index (χ3v) is 5.44. The molecular weight excluding hydrogens is 404 g/mol. The molecule has 9 heteroatoms. The van der Waals surface area contributed by atoms with E-state index in [1.807, 2.05) is 36.4 Å². The Bertz CT molecular complexity index is 981. The zero-order chi connectivity index (χ0) is 20.9. The van der Waals surface area contributed by atoms with E-state index < -0.39 is 0 Å². The van der Waals surface area contributed by atoms with Crippen molar-refractivity contribution in [3.63, 3.8) is 0 Å². The van der Waals surface area contributed by atoms with E-state index in [2.05, 4.69) is 30.4 Å². The number of benzene rings is 1. The summed E-state index contributed by atoms with van der Waals surface area (Å²) in [7, 11) is 1.63. The van der Waals surface area contributed by atoms with Crippen molar-refractivity contribution in [2.24, 2.45) is 5.92 Å². The van der Waals surface area contributed by atoms with Gasteiger partial charge in [0.15, 0.2) is 5.82 Å². The molecule has 0 atom stereocenters. The van der Waals surface area contributed by atoms with Crippen LogP contribution in [0.1, 0.15) is 18.7 Å². The molecule has 0 radical (unpaired) electrons. The lowest BCUT2D eigenvalue weighted by Gasteiger charge is -2.32. The number of aromatic amines is 1. The molecular formula is C21H23ClN6O2. The number of pyridine rings is 1. The average Bonchev–Trinajstić information content (AvgIpc) is 3.27. The first kappa shape index (κ1) is 20.2. The van der Waals surface area contributed by atoms with Gasteiger partial charge in [0.25, 0.3) is 0 Å². The lowest BCUT2D eigenvalue weighted by molar-refractivity contribution is -0.125. The van der Waals surface area contributed by atoms with Gasteiger partial charge < -0.3 is 15.0 Å². The number of nitrogens with one attached hydrogen (secondary N) is 2. The number of anilines is 1. The van der Waals surface area contributed by atoms with Gasteiger partial charge in [-0.15, -0.1) is 0 Å². The van der Waals surface area contributed by atoms with Gasteiger partial charge >= 0.3 is 0 Å². The molecule has 1 fully saturated rings. The Hall–Kier alpha value is -3.13. The first-order chi connectivity index (χ1) is 14.6. The molecule has 3 aromatic rings. The van der Waals surface area contributed by atoms with Crippen molar-refractivity contribution in [3.05, 3.63) is 53.4 Å². The maximum Gasteiger partial charge on any atom is 0.223 e. The number of methoxy groups -OCH3 is 1. The van der Waals surface area contributed by atoms with Crippen molar-refractivity contribution in [1.82, 2.24) is 25.5 Å². The van der Waals surface area contributed by atoms with Crippen molar-refractivity contribution in [1.29, 1.82) is 0 Å². The van der Waals surface area contributed by atoms with Crippen LogP contribution in [0.2, 0.25) is 5.02 Å². The maximum absolute atomic E-state index is 12.6. The summed E-state index contributed by atoms with van der Waals surface area (Å²) in [6, 6.07) is 11.3. The van der Waals surface area contributed by atoms with Crippen molar-refractivity contribution in [2.45, 2.75) is 19.4 Å². The van der Waals surface area contributed by atoms with Crippen molar-refractivity contribution in [3.8, 4) is 17.1 Å². The van der Waals surface area contributed by atoms with Crippen LogP contribution in [-0.4, -0.2) is 46.3 Å². The normalized spacial score (nSPS) is 14.5. The summed E-state index contributed by atoms with van der Waals surface area (Å²) in [5, 5.41) is 10.7. The lowest BCUT2D eigenvalue weighted by Crippen LogP contribution is -2.40. The van der Waals surface area contributed by atoms with Crippen LogP contribution in [0, 0.1) is 5.92 Å². The van der Waals surface area contributed by atoms with E-state index in [4.69, 9.17) is 16.3 Å². The van der Waals surface area contributed by atoms with Gasteiger partial charge in [0.1, 0.15) is 17.4 Å². The predicted octanol–water partition coefficient (Wildman–Crippen LogP) is 3.06. The number of amides is 1. The van der Waals surface area contributed by atoms with Crippen LogP contribution >= 0.6 is 11.6 Å². The molecule has 1 aromatic carbocycles. The fourth-order valence-corrected chi connectivity index (χ4v) is 3.60. The van der Waals surface area contributed by atoms with E-state index in [0.717, 1.165) is 43.1 Å². The van der Waals surface area contributed by atoms with Crippen molar-refractivity contribution >= 4 is 23.3 Å². The minimum atomic E-state index is -0.0162. The molecule has 0 unspecified atom stereocenters. The minimum absolute atomic E-state index is 0.0162. The summed E-state index contributed by atoms with van der Waals surface area (Å²) in [5.41, 5.74) is 0.882. The standard InChI is InChI=1S/C21H23ClN6O2/c1-30-17-5-2-14(3-6-17)20-25-18(26-27-20)13-24-21(29)15-8-10-28(11-9-15)19-7-4-16(22)12-23-19/h2-7,12,15H,8-11,13H2,1H3,(H,24,29)(H,25,26,27). The molecule has 0 spiro atoms. The van der Waals surface area contributed by atoms with E-state index >= 15 is 0 Å². The SMILES string of the molecule is COc1ccc(-c2n[nH]c(CNC(=O)C3CCN(c4ccc(Cl)cn4)CC3)n2)cc1. The number of H-pyrrole nitrogens is 1. The fourth-order valence-electron chi connectivity index (χ4n) is 3.48. The van der Waals surface area contributed by atoms with Crippen LogP contribution in [0.5, 0.6) is 5.75 Å². The molecule has 1 aliphatic heterocycles.